The third-order valence-corrected chi connectivity index (χ3v) is 3.56. The normalized spacial score (nSPS) is 11.9. The average Bonchev–Trinajstić information content (AvgIpc) is 2.54. The summed E-state index contributed by atoms with van der Waals surface area (Å²) in [4.78, 5) is 14.3. The van der Waals surface area contributed by atoms with E-state index in [1.54, 1.807) is 6.92 Å². The van der Waals surface area contributed by atoms with Crippen molar-refractivity contribution in [2.45, 2.75) is 39.0 Å². The molecular formula is C19H23NO2. The molecule has 2 aromatic rings. The van der Waals surface area contributed by atoms with Gasteiger partial charge in [-0.15, -0.1) is 0 Å². The van der Waals surface area contributed by atoms with Gasteiger partial charge in [0.05, 0.1) is 6.10 Å². The highest BCUT2D eigenvalue weighted by Gasteiger charge is 2.15. The maximum absolute atomic E-state index is 12.5. The zero-order chi connectivity index (χ0) is 15.8. The van der Waals surface area contributed by atoms with E-state index in [4.69, 9.17) is 0 Å². The first-order valence-electron chi connectivity index (χ1n) is 7.69. The van der Waals surface area contributed by atoms with Crippen LogP contribution in [0.15, 0.2) is 60.7 Å². The van der Waals surface area contributed by atoms with Crippen molar-refractivity contribution in [3.8, 4) is 0 Å². The molecule has 2 rings (SSSR count). The van der Waals surface area contributed by atoms with Gasteiger partial charge in [0.15, 0.2) is 0 Å². The predicted octanol–water partition coefficient (Wildman–Crippen LogP) is 3.38. The number of amides is 1. The second kappa shape index (κ2) is 8.35. The lowest BCUT2D eigenvalue weighted by Crippen LogP contribution is -2.30. The highest BCUT2D eigenvalue weighted by Crippen LogP contribution is 2.12. The number of hydrogen-bond donors (Lipinski definition) is 1. The Labute approximate surface area is 132 Å². The van der Waals surface area contributed by atoms with Gasteiger partial charge in [-0.2, -0.15) is 0 Å². The van der Waals surface area contributed by atoms with Gasteiger partial charge in [-0.05, 0) is 24.5 Å². The molecule has 0 aliphatic carbocycles. The summed E-state index contributed by atoms with van der Waals surface area (Å²) in [7, 11) is 0. The van der Waals surface area contributed by atoms with Crippen molar-refractivity contribution in [3.05, 3.63) is 71.8 Å². The molecule has 0 aliphatic rings. The Bertz CT molecular complexity index is 525. The van der Waals surface area contributed by atoms with E-state index in [0.717, 1.165) is 11.1 Å². The van der Waals surface area contributed by atoms with E-state index in [1.165, 1.54) is 0 Å². The maximum atomic E-state index is 12.5. The van der Waals surface area contributed by atoms with E-state index in [0.29, 0.717) is 25.9 Å². The highest BCUT2D eigenvalue weighted by molar-refractivity contribution is 5.76. The first kappa shape index (κ1) is 16.2. The molecule has 0 saturated carbocycles. The fourth-order valence-corrected chi connectivity index (χ4v) is 2.33. The summed E-state index contributed by atoms with van der Waals surface area (Å²) < 4.78 is 0. The minimum atomic E-state index is -0.445. The van der Waals surface area contributed by atoms with Crippen molar-refractivity contribution in [2.75, 3.05) is 0 Å². The van der Waals surface area contributed by atoms with Crippen LogP contribution < -0.4 is 0 Å². The fourth-order valence-electron chi connectivity index (χ4n) is 2.33. The molecule has 0 spiro atoms. The van der Waals surface area contributed by atoms with Gasteiger partial charge in [0.2, 0.25) is 5.91 Å². The molecule has 1 amide bonds. The number of carbonyl (C=O) groups is 1. The van der Waals surface area contributed by atoms with Crippen LogP contribution in [-0.4, -0.2) is 22.0 Å². The van der Waals surface area contributed by atoms with Gasteiger partial charge in [-0.25, -0.2) is 0 Å². The van der Waals surface area contributed by atoms with Gasteiger partial charge < -0.3 is 10.0 Å². The molecule has 0 bridgehead atoms. The minimum Gasteiger partial charge on any atom is -0.393 e. The summed E-state index contributed by atoms with van der Waals surface area (Å²) in [6.07, 6.45) is 0.426. The summed E-state index contributed by atoms with van der Waals surface area (Å²) in [5.74, 6) is 0.0774. The second-order valence-electron chi connectivity index (χ2n) is 5.61. The number of benzene rings is 2. The quantitative estimate of drug-likeness (QED) is 0.851. The van der Waals surface area contributed by atoms with E-state index in [2.05, 4.69) is 0 Å². The van der Waals surface area contributed by atoms with Crippen molar-refractivity contribution in [1.29, 1.82) is 0 Å². The molecule has 1 atom stereocenters. The highest BCUT2D eigenvalue weighted by atomic mass is 16.3. The Morgan fingerprint density at radius 3 is 1.82 bits per heavy atom. The van der Waals surface area contributed by atoms with Crippen LogP contribution >= 0.6 is 0 Å². The zero-order valence-corrected chi connectivity index (χ0v) is 13.0. The maximum Gasteiger partial charge on any atom is 0.223 e. The molecular weight excluding hydrogens is 274 g/mol. The van der Waals surface area contributed by atoms with Crippen LogP contribution in [0.5, 0.6) is 0 Å². The van der Waals surface area contributed by atoms with E-state index in [1.807, 2.05) is 65.6 Å². The van der Waals surface area contributed by atoms with Crippen LogP contribution in [0.2, 0.25) is 0 Å². The van der Waals surface area contributed by atoms with Gasteiger partial charge in [0.25, 0.3) is 0 Å². The lowest BCUT2D eigenvalue weighted by atomic mass is 10.1. The third-order valence-electron chi connectivity index (χ3n) is 3.56. The Kier molecular flexibility index (Phi) is 6.16. The topological polar surface area (TPSA) is 40.5 Å². The van der Waals surface area contributed by atoms with Gasteiger partial charge >= 0.3 is 0 Å². The molecule has 0 fully saturated rings. The number of nitrogens with zero attached hydrogens (tertiary/aromatic N) is 1. The number of aliphatic hydroxyl groups is 1. The molecule has 3 nitrogen and oxygen atoms in total. The summed E-state index contributed by atoms with van der Waals surface area (Å²) in [5.41, 5.74) is 2.23. The van der Waals surface area contributed by atoms with Gasteiger partial charge in [0, 0.05) is 19.5 Å². The van der Waals surface area contributed by atoms with E-state index in [9.17, 15) is 9.90 Å². The molecule has 1 N–H and O–H groups in total. The lowest BCUT2D eigenvalue weighted by Gasteiger charge is -2.23. The van der Waals surface area contributed by atoms with Gasteiger partial charge in [-0.3, -0.25) is 4.79 Å². The number of hydrogen-bond acceptors (Lipinski definition) is 2. The van der Waals surface area contributed by atoms with E-state index < -0.39 is 6.10 Å². The Morgan fingerprint density at radius 1 is 0.955 bits per heavy atom. The molecule has 0 aromatic heterocycles. The average molecular weight is 297 g/mol. The monoisotopic (exact) mass is 297 g/mol. The van der Waals surface area contributed by atoms with Crippen LogP contribution in [0.25, 0.3) is 0 Å². The van der Waals surface area contributed by atoms with Crippen LogP contribution in [0.3, 0.4) is 0 Å². The molecule has 116 valence electrons. The molecule has 0 saturated heterocycles. The summed E-state index contributed by atoms with van der Waals surface area (Å²) >= 11 is 0. The molecule has 22 heavy (non-hydrogen) atoms. The van der Waals surface area contributed by atoms with Gasteiger partial charge in [-0.1, -0.05) is 60.7 Å². The summed E-state index contributed by atoms with van der Waals surface area (Å²) in [6, 6.07) is 20.0. The van der Waals surface area contributed by atoms with E-state index >= 15 is 0 Å². The SMILES string of the molecule is CC(O)CCC(=O)N(Cc1ccccc1)Cc1ccccc1. The lowest BCUT2D eigenvalue weighted by molar-refractivity contribution is -0.133. The first-order valence-corrected chi connectivity index (χ1v) is 7.69. The fraction of sp³-hybridized carbons (Fsp3) is 0.316. The van der Waals surface area contributed by atoms with Gasteiger partial charge in [0.1, 0.15) is 0 Å². The first-order chi connectivity index (χ1) is 10.6. The van der Waals surface area contributed by atoms with Crippen LogP contribution in [-0.2, 0) is 17.9 Å². The summed E-state index contributed by atoms with van der Waals surface area (Å²) in [5, 5.41) is 9.39. The standard InChI is InChI=1S/C19H23NO2/c1-16(21)12-13-19(22)20(14-17-8-4-2-5-9-17)15-18-10-6-3-7-11-18/h2-11,16,21H,12-15H2,1H3. The molecule has 0 heterocycles. The second-order valence-corrected chi connectivity index (χ2v) is 5.61. The Morgan fingerprint density at radius 2 is 1.41 bits per heavy atom. The smallest absolute Gasteiger partial charge is 0.223 e. The molecule has 0 radical (unpaired) electrons. The Balaban J connectivity index is 2.07. The third kappa shape index (κ3) is 5.34. The van der Waals surface area contributed by atoms with Crippen molar-refractivity contribution in [2.24, 2.45) is 0 Å². The minimum absolute atomic E-state index is 0.0774. The van der Waals surface area contributed by atoms with Crippen molar-refractivity contribution < 1.29 is 9.90 Å². The van der Waals surface area contributed by atoms with Crippen molar-refractivity contribution in [3.63, 3.8) is 0 Å². The van der Waals surface area contributed by atoms with Crippen molar-refractivity contribution >= 4 is 5.91 Å². The van der Waals surface area contributed by atoms with Crippen LogP contribution in [0.1, 0.15) is 30.9 Å². The zero-order valence-electron chi connectivity index (χ0n) is 13.0. The van der Waals surface area contributed by atoms with Crippen molar-refractivity contribution in [1.82, 2.24) is 4.90 Å². The number of aliphatic hydroxyl groups excluding tert-OH is 1. The largest absolute Gasteiger partial charge is 0.393 e. The number of rotatable bonds is 7. The van der Waals surface area contributed by atoms with E-state index in [-0.39, 0.29) is 5.91 Å². The predicted molar refractivity (Wildman–Crippen MR) is 88.1 cm³/mol. The summed E-state index contributed by atoms with van der Waals surface area (Å²) in [6.45, 7) is 2.90. The molecule has 3 heteroatoms. The molecule has 0 aliphatic heterocycles. The number of carbonyl (C=O) groups excluding carboxylic acids is 1. The van der Waals surface area contributed by atoms with Crippen LogP contribution in [0.4, 0.5) is 0 Å². The molecule has 1 unspecified atom stereocenters. The molecule has 2 aromatic carbocycles. The Hall–Kier alpha value is -2.13. The van der Waals surface area contributed by atoms with Crippen LogP contribution in [0, 0.1) is 0 Å².